The number of rotatable bonds is 6. The number of halogens is 1. The van der Waals surface area contributed by atoms with E-state index in [1.807, 2.05) is 56.3 Å². The van der Waals surface area contributed by atoms with Crippen LogP contribution in [0.1, 0.15) is 25.8 Å². The van der Waals surface area contributed by atoms with Crippen molar-refractivity contribution in [2.75, 3.05) is 23.4 Å². The average Bonchev–Trinajstić information content (AvgIpc) is 3.05. The van der Waals surface area contributed by atoms with Gasteiger partial charge in [-0.3, -0.25) is 9.59 Å². The number of hydrogen-bond donors (Lipinski definition) is 1. The number of nitrogens with zero attached hydrogens (tertiary/aromatic N) is 1. The summed E-state index contributed by atoms with van der Waals surface area (Å²) in [7, 11) is 0. The lowest BCUT2D eigenvalue weighted by atomic mass is 10.1. The first-order valence-corrected chi connectivity index (χ1v) is 9.94. The topological polar surface area (TPSA) is 58.6 Å². The summed E-state index contributed by atoms with van der Waals surface area (Å²) in [5.41, 5.74) is 2.57. The summed E-state index contributed by atoms with van der Waals surface area (Å²) < 4.78 is 6.61. The van der Waals surface area contributed by atoms with E-state index in [9.17, 15) is 9.59 Å². The number of carbonyl (C=O) groups is 2. The van der Waals surface area contributed by atoms with Gasteiger partial charge in [-0.05, 0) is 49.2 Å². The lowest BCUT2D eigenvalue weighted by Crippen LogP contribution is -2.28. The molecule has 1 fully saturated rings. The standard InChI is InChI=1S/C21H23BrN2O3/c1-3-14-11-16(22)9-10-17(14)23-21(26)15-12-20(25)24(13-15)18-7-5-6-8-19(18)27-4-2/h5-11,15H,3-4,12-13H2,1-2H3,(H,23,26)/t15-/m0/s1. The van der Waals surface area contributed by atoms with Gasteiger partial charge in [0.05, 0.1) is 18.2 Å². The first kappa shape index (κ1) is 19.4. The number of ether oxygens (including phenoxy) is 1. The third kappa shape index (κ3) is 4.33. The number of benzene rings is 2. The number of aryl methyl sites for hydroxylation is 1. The molecule has 5 nitrogen and oxygen atoms in total. The summed E-state index contributed by atoms with van der Waals surface area (Å²) in [5, 5.41) is 2.99. The van der Waals surface area contributed by atoms with Crippen LogP contribution < -0.4 is 15.0 Å². The Balaban J connectivity index is 1.75. The van der Waals surface area contributed by atoms with E-state index < -0.39 is 0 Å². The molecule has 1 aliphatic rings. The number of carbonyl (C=O) groups excluding carboxylic acids is 2. The molecule has 0 saturated carbocycles. The zero-order valence-corrected chi connectivity index (χ0v) is 17.1. The maximum absolute atomic E-state index is 12.8. The Morgan fingerprint density at radius 3 is 2.78 bits per heavy atom. The maximum atomic E-state index is 12.8. The van der Waals surface area contributed by atoms with Crippen LogP contribution in [0.25, 0.3) is 0 Å². The zero-order valence-electron chi connectivity index (χ0n) is 15.5. The summed E-state index contributed by atoms with van der Waals surface area (Å²) in [6.45, 7) is 4.82. The lowest BCUT2D eigenvalue weighted by Gasteiger charge is -2.20. The van der Waals surface area contributed by atoms with Gasteiger partial charge < -0.3 is 15.0 Å². The molecule has 2 aromatic carbocycles. The van der Waals surface area contributed by atoms with Gasteiger partial charge in [0.1, 0.15) is 5.75 Å². The van der Waals surface area contributed by atoms with Crippen molar-refractivity contribution in [3.8, 4) is 5.75 Å². The molecule has 6 heteroatoms. The normalized spacial score (nSPS) is 16.5. The smallest absolute Gasteiger partial charge is 0.229 e. The molecule has 27 heavy (non-hydrogen) atoms. The van der Waals surface area contributed by atoms with Gasteiger partial charge in [0, 0.05) is 23.1 Å². The molecule has 2 amide bonds. The van der Waals surface area contributed by atoms with E-state index in [2.05, 4.69) is 21.2 Å². The monoisotopic (exact) mass is 430 g/mol. The predicted octanol–water partition coefficient (Wildman–Crippen LogP) is 4.40. The van der Waals surface area contributed by atoms with Crippen molar-refractivity contribution in [1.82, 2.24) is 0 Å². The minimum Gasteiger partial charge on any atom is -0.492 e. The van der Waals surface area contributed by atoms with Crippen LogP contribution >= 0.6 is 15.9 Å². The first-order chi connectivity index (χ1) is 13.0. The molecule has 3 rings (SSSR count). The Labute approximate surface area is 167 Å². The highest BCUT2D eigenvalue weighted by atomic mass is 79.9. The van der Waals surface area contributed by atoms with Crippen LogP contribution in [0.4, 0.5) is 11.4 Å². The fourth-order valence-electron chi connectivity index (χ4n) is 3.29. The number of anilines is 2. The SMILES string of the molecule is CCOc1ccccc1N1C[C@@H](C(=O)Nc2ccc(Br)cc2CC)CC1=O. The van der Waals surface area contributed by atoms with Crippen molar-refractivity contribution in [3.63, 3.8) is 0 Å². The Morgan fingerprint density at radius 1 is 1.26 bits per heavy atom. The fraction of sp³-hybridized carbons (Fsp3) is 0.333. The van der Waals surface area contributed by atoms with E-state index in [1.165, 1.54) is 0 Å². The van der Waals surface area contributed by atoms with Gasteiger partial charge in [0.25, 0.3) is 0 Å². The molecule has 1 heterocycles. The van der Waals surface area contributed by atoms with Crippen molar-refractivity contribution in [2.45, 2.75) is 26.7 Å². The summed E-state index contributed by atoms with van der Waals surface area (Å²) >= 11 is 3.45. The molecule has 0 bridgehead atoms. The van der Waals surface area contributed by atoms with E-state index in [1.54, 1.807) is 4.90 Å². The molecule has 1 aliphatic heterocycles. The van der Waals surface area contributed by atoms with Crippen LogP contribution in [0.2, 0.25) is 0 Å². The van der Waals surface area contributed by atoms with E-state index >= 15 is 0 Å². The molecular formula is C21H23BrN2O3. The highest BCUT2D eigenvalue weighted by Crippen LogP contribution is 2.33. The van der Waals surface area contributed by atoms with Crippen molar-refractivity contribution < 1.29 is 14.3 Å². The number of nitrogens with one attached hydrogen (secondary N) is 1. The van der Waals surface area contributed by atoms with Crippen LogP contribution in [0.15, 0.2) is 46.9 Å². The van der Waals surface area contributed by atoms with Gasteiger partial charge in [-0.25, -0.2) is 0 Å². The first-order valence-electron chi connectivity index (χ1n) is 9.15. The third-order valence-corrected chi connectivity index (χ3v) is 5.15. The Bertz CT molecular complexity index is 853. The molecule has 0 aliphatic carbocycles. The highest BCUT2D eigenvalue weighted by molar-refractivity contribution is 9.10. The van der Waals surface area contributed by atoms with E-state index in [4.69, 9.17) is 4.74 Å². The fourth-order valence-corrected chi connectivity index (χ4v) is 3.69. The molecule has 0 unspecified atom stereocenters. The van der Waals surface area contributed by atoms with E-state index in [0.29, 0.717) is 18.9 Å². The van der Waals surface area contributed by atoms with Crippen molar-refractivity contribution in [3.05, 3.63) is 52.5 Å². The van der Waals surface area contributed by atoms with E-state index in [0.717, 1.165) is 27.8 Å². The molecule has 0 spiro atoms. The summed E-state index contributed by atoms with van der Waals surface area (Å²) in [6.07, 6.45) is 1.01. The second-order valence-corrected chi connectivity index (χ2v) is 7.37. The second-order valence-electron chi connectivity index (χ2n) is 6.45. The van der Waals surface area contributed by atoms with Crippen LogP contribution in [-0.2, 0) is 16.0 Å². The van der Waals surface area contributed by atoms with Crippen molar-refractivity contribution >= 4 is 39.1 Å². The lowest BCUT2D eigenvalue weighted by molar-refractivity contribution is -0.122. The summed E-state index contributed by atoms with van der Waals surface area (Å²) in [5.74, 6) is 0.0849. The van der Waals surface area contributed by atoms with Crippen LogP contribution in [0.3, 0.4) is 0 Å². The second kappa shape index (κ2) is 8.57. The molecule has 0 aromatic heterocycles. The van der Waals surface area contributed by atoms with Gasteiger partial charge in [-0.2, -0.15) is 0 Å². The van der Waals surface area contributed by atoms with Gasteiger partial charge in [-0.15, -0.1) is 0 Å². The van der Waals surface area contributed by atoms with Crippen molar-refractivity contribution in [2.24, 2.45) is 5.92 Å². The maximum Gasteiger partial charge on any atom is 0.229 e. The van der Waals surface area contributed by atoms with Crippen molar-refractivity contribution in [1.29, 1.82) is 0 Å². The predicted molar refractivity (Wildman–Crippen MR) is 110 cm³/mol. The average molecular weight is 431 g/mol. The number of hydrogen-bond acceptors (Lipinski definition) is 3. The molecule has 142 valence electrons. The van der Waals surface area contributed by atoms with Gasteiger partial charge in [0.15, 0.2) is 0 Å². The zero-order chi connectivity index (χ0) is 19.4. The summed E-state index contributed by atoms with van der Waals surface area (Å²) in [4.78, 5) is 27.0. The molecule has 1 atom stereocenters. The van der Waals surface area contributed by atoms with E-state index in [-0.39, 0.29) is 24.2 Å². The van der Waals surface area contributed by atoms with Gasteiger partial charge in [0.2, 0.25) is 11.8 Å². The molecule has 2 aromatic rings. The molecule has 0 radical (unpaired) electrons. The van der Waals surface area contributed by atoms with Gasteiger partial charge >= 0.3 is 0 Å². The Hall–Kier alpha value is -2.34. The quantitative estimate of drug-likeness (QED) is 0.738. The molecule has 1 N–H and O–H groups in total. The minimum absolute atomic E-state index is 0.0613. The highest BCUT2D eigenvalue weighted by Gasteiger charge is 2.36. The number of para-hydroxylation sites is 2. The Morgan fingerprint density at radius 2 is 2.04 bits per heavy atom. The van der Waals surface area contributed by atoms with Crippen LogP contribution in [0, 0.1) is 5.92 Å². The molecular weight excluding hydrogens is 408 g/mol. The minimum atomic E-state index is -0.388. The largest absolute Gasteiger partial charge is 0.492 e. The molecule has 1 saturated heterocycles. The van der Waals surface area contributed by atoms with Crippen LogP contribution in [-0.4, -0.2) is 25.0 Å². The third-order valence-electron chi connectivity index (χ3n) is 4.66. The summed E-state index contributed by atoms with van der Waals surface area (Å²) in [6, 6.07) is 13.2. The Kier molecular flexibility index (Phi) is 6.16. The van der Waals surface area contributed by atoms with Crippen LogP contribution in [0.5, 0.6) is 5.75 Å². The number of amides is 2. The van der Waals surface area contributed by atoms with Gasteiger partial charge in [-0.1, -0.05) is 35.0 Å².